The summed E-state index contributed by atoms with van der Waals surface area (Å²) in [5.41, 5.74) is 2.70. The molecule has 1 aromatic rings. The number of carboxylic acids is 1. The molecule has 0 radical (unpaired) electrons. The molecule has 0 heterocycles. The van der Waals surface area contributed by atoms with Crippen LogP contribution in [-0.2, 0) is 4.79 Å². The van der Waals surface area contributed by atoms with E-state index >= 15 is 0 Å². The van der Waals surface area contributed by atoms with Crippen LogP contribution in [0, 0.1) is 13.8 Å². The lowest BCUT2D eigenvalue weighted by Crippen LogP contribution is -2.37. The molecule has 5 nitrogen and oxygen atoms in total. The van der Waals surface area contributed by atoms with Gasteiger partial charge in [-0.1, -0.05) is 18.2 Å². The third-order valence-corrected chi connectivity index (χ3v) is 2.58. The Morgan fingerprint density at radius 3 is 2.33 bits per heavy atom. The van der Waals surface area contributed by atoms with E-state index in [9.17, 15) is 9.59 Å². The fourth-order valence-electron chi connectivity index (χ4n) is 1.70. The molecule has 98 valence electrons. The number of amides is 2. The summed E-state index contributed by atoms with van der Waals surface area (Å²) >= 11 is 0. The van der Waals surface area contributed by atoms with E-state index in [-0.39, 0.29) is 12.5 Å². The van der Waals surface area contributed by atoms with Crippen LogP contribution in [0.2, 0.25) is 0 Å². The average molecular weight is 250 g/mol. The fourth-order valence-corrected chi connectivity index (χ4v) is 1.70. The van der Waals surface area contributed by atoms with E-state index in [1.807, 2.05) is 32.0 Å². The zero-order chi connectivity index (χ0) is 13.7. The Balaban J connectivity index is 2.62. The van der Waals surface area contributed by atoms with Crippen LogP contribution in [0.15, 0.2) is 18.2 Å². The maximum absolute atomic E-state index is 11.7. The molecule has 1 aromatic carbocycles. The van der Waals surface area contributed by atoms with Gasteiger partial charge in [-0.3, -0.25) is 4.79 Å². The Morgan fingerprint density at radius 2 is 1.83 bits per heavy atom. The van der Waals surface area contributed by atoms with Crippen molar-refractivity contribution < 1.29 is 14.7 Å². The molecule has 18 heavy (non-hydrogen) atoms. The van der Waals surface area contributed by atoms with Gasteiger partial charge in [0.25, 0.3) is 0 Å². The lowest BCUT2D eigenvalue weighted by Gasteiger charge is -2.15. The molecule has 1 rings (SSSR count). The Kier molecular flexibility index (Phi) is 4.71. The molecule has 0 saturated carbocycles. The maximum Gasteiger partial charge on any atom is 0.319 e. The van der Waals surface area contributed by atoms with Crippen molar-refractivity contribution in [1.82, 2.24) is 5.32 Å². The highest BCUT2D eigenvalue weighted by Gasteiger charge is 2.12. The second kappa shape index (κ2) is 6.05. The summed E-state index contributed by atoms with van der Waals surface area (Å²) in [7, 11) is 0. The predicted octanol–water partition coefficient (Wildman–Crippen LogP) is 2.29. The highest BCUT2D eigenvalue weighted by Crippen LogP contribution is 2.19. The van der Waals surface area contributed by atoms with Crippen molar-refractivity contribution in [2.75, 3.05) is 5.32 Å². The standard InChI is InChI=1S/C13H18N2O3/c1-8-5-4-6-9(2)12(8)15-13(18)14-10(3)7-11(16)17/h4-6,10H,7H2,1-3H3,(H,16,17)(H2,14,15,18). The smallest absolute Gasteiger partial charge is 0.319 e. The molecular formula is C13H18N2O3. The Labute approximate surface area is 106 Å². The zero-order valence-electron chi connectivity index (χ0n) is 10.8. The number of carbonyl (C=O) groups excluding carboxylic acids is 1. The largest absolute Gasteiger partial charge is 0.481 e. The molecular weight excluding hydrogens is 232 g/mol. The first kappa shape index (κ1) is 14.0. The molecule has 5 heteroatoms. The number of aryl methyl sites for hydroxylation is 2. The van der Waals surface area contributed by atoms with Gasteiger partial charge in [0, 0.05) is 11.7 Å². The number of aliphatic carboxylic acids is 1. The van der Waals surface area contributed by atoms with Crippen LogP contribution in [0.25, 0.3) is 0 Å². The minimum absolute atomic E-state index is 0.0970. The number of benzene rings is 1. The van der Waals surface area contributed by atoms with E-state index in [2.05, 4.69) is 10.6 Å². The number of hydrogen-bond acceptors (Lipinski definition) is 2. The summed E-state index contributed by atoms with van der Waals surface area (Å²) < 4.78 is 0. The van der Waals surface area contributed by atoms with Crippen molar-refractivity contribution in [1.29, 1.82) is 0 Å². The Bertz CT molecular complexity index is 437. The van der Waals surface area contributed by atoms with Crippen LogP contribution in [0.4, 0.5) is 10.5 Å². The minimum atomic E-state index is -0.935. The summed E-state index contributed by atoms with van der Waals surface area (Å²) in [5.74, 6) is -0.935. The number of nitrogens with one attached hydrogen (secondary N) is 2. The third-order valence-electron chi connectivity index (χ3n) is 2.58. The van der Waals surface area contributed by atoms with Gasteiger partial charge in [-0.05, 0) is 31.9 Å². The van der Waals surface area contributed by atoms with Crippen LogP contribution in [0.5, 0.6) is 0 Å². The van der Waals surface area contributed by atoms with Crippen molar-refractivity contribution in [3.63, 3.8) is 0 Å². The molecule has 0 aliphatic rings. The molecule has 0 saturated heterocycles. The lowest BCUT2D eigenvalue weighted by molar-refractivity contribution is -0.137. The summed E-state index contributed by atoms with van der Waals surface area (Å²) in [4.78, 5) is 22.2. The zero-order valence-corrected chi connectivity index (χ0v) is 10.8. The van der Waals surface area contributed by atoms with Gasteiger partial charge < -0.3 is 15.7 Å². The fraction of sp³-hybridized carbons (Fsp3) is 0.385. The molecule has 0 aliphatic carbocycles. The van der Waals surface area contributed by atoms with Gasteiger partial charge in [-0.15, -0.1) is 0 Å². The first-order valence-corrected chi connectivity index (χ1v) is 5.75. The lowest BCUT2D eigenvalue weighted by atomic mass is 10.1. The van der Waals surface area contributed by atoms with E-state index in [0.717, 1.165) is 16.8 Å². The Hall–Kier alpha value is -2.04. The second-order valence-corrected chi connectivity index (χ2v) is 4.36. The van der Waals surface area contributed by atoms with Gasteiger partial charge in [-0.25, -0.2) is 4.79 Å². The number of carbonyl (C=O) groups is 2. The number of para-hydroxylation sites is 1. The number of hydrogen-bond donors (Lipinski definition) is 3. The molecule has 0 fully saturated rings. The Morgan fingerprint density at radius 1 is 1.28 bits per heavy atom. The van der Waals surface area contributed by atoms with Crippen LogP contribution >= 0.6 is 0 Å². The summed E-state index contributed by atoms with van der Waals surface area (Å²) in [5, 5.41) is 13.9. The topological polar surface area (TPSA) is 78.4 Å². The normalized spacial score (nSPS) is 11.7. The van der Waals surface area contributed by atoms with Crippen LogP contribution in [-0.4, -0.2) is 23.1 Å². The molecule has 1 unspecified atom stereocenters. The van der Waals surface area contributed by atoms with Crippen molar-refractivity contribution >= 4 is 17.7 Å². The van der Waals surface area contributed by atoms with Crippen molar-refractivity contribution in [3.8, 4) is 0 Å². The average Bonchev–Trinajstić information content (AvgIpc) is 2.22. The van der Waals surface area contributed by atoms with Crippen LogP contribution in [0.3, 0.4) is 0 Å². The van der Waals surface area contributed by atoms with Gasteiger partial charge in [0.15, 0.2) is 0 Å². The van der Waals surface area contributed by atoms with E-state index in [4.69, 9.17) is 5.11 Å². The van der Waals surface area contributed by atoms with Gasteiger partial charge in [0.05, 0.1) is 6.42 Å². The number of anilines is 1. The second-order valence-electron chi connectivity index (χ2n) is 4.36. The molecule has 1 atom stereocenters. The number of carboxylic acid groups (broad SMARTS) is 1. The molecule has 0 aromatic heterocycles. The SMILES string of the molecule is Cc1cccc(C)c1NC(=O)NC(C)CC(=O)O. The van der Waals surface area contributed by atoms with Crippen molar-refractivity contribution in [2.24, 2.45) is 0 Å². The summed E-state index contributed by atoms with van der Waals surface area (Å²) in [6.07, 6.45) is -0.0970. The molecule has 0 spiro atoms. The molecule has 2 amide bonds. The highest BCUT2D eigenvalue weighted by molar-refractivity contribution is 5.91. The van der Waals surface area contributed by atoms with Crippen molar-refractivity contribution in [2.45, 2.75) is 33.2 Å². The first-order chi connectivity index (χ1) is 8.40. The monoisotopic (exact) mass is 250 g/mol. The van der Waals surface area contributed by atoms with Crippen LogP contribution in [0.1, 0.15) is 24.5 Å². The molecule has 0 aliphatic heterocycles. The minimum Gasteiger partial charge on any atom is -0.481 e. The number of urea groups is 1. The van der Waals surface area contributed by atoms with Crippen LogP contribution < -0.4 is 10.6 Å². The highest BCUT2D eigenvalue weighted by atomic mass is 16.4. The third kappa shape index (κ3) is 4.08. The van der Waals surface area contributed by atoms with E-state index in [1.165, 1.54) is 0 Å². The van der Waals surface area contributed by atoms with Gasteiger partial charge in [0.1, 0.15) is 0 Å². The molecule has 3 N–H and O–H groups in total. The summed E-state index contributed by atoms with van der Waals surface area (Å²) in [6.45, 7) is 5.46. The maximum atomic E-state index is 11.7. The van der Waals surface area contributed by atoms with E-state index in [0.29, 0.717) is 0 Å². The number of rotatable bonds is 4. The van der Waals surface area contributed by atoms with E-state index in [1.54, 1.807) is 6.92 Å². The first-order valence-electron chi connectivity index (χ1n) is 5.75. The van der Waals surface area contributed by atoms with Gasteiger partial charge in [0.2, 0.25) is 0 Å². The van der Waals surface area contributed by atoms with Gasteiger partial charge >= 0.3 is 12.0 Å². The summed E-state index contributed by atoms with van der Waals surface area (Å²) in [6, 6.07) is 4.93. The van der Waals surface area contributed by atoms with Crippen molar-refractivity contribution in [3.05, 3.63) is 29.3 Å². The molecule has 0 bridgehead atoms. The van der Waals surface area contributed by atoms with Gasteiger partial charge in [-0.2, -0.15) is 0 Å². The van der Waals surface area contributed by atoms with E-state index < -0.39 is 12.0 Å². The quantitative estimate of drug-likeness (QED) is 0.767. The predicted molar refractivity (Wildman–Crippen MR) is 69.8 cm³/mol.